The standard InChI is InChI=1S/C24H18ClFN2O4/c25-21-15(19(30)12-29)7-4-8-16(21)23(32)20(22(31)13-5-3-6-14(26)11-13)24-27-17-9-1-2-10-18(17)28-24/h1-11,19-20,29-30H,12H2,(H,27,28). The van der Waals surface area contributed by atoms with Crippen LogP contribution in [0.3, 0.4) is 0 Å². The number of imidazole rings is 1. The lowest BCUT2D eigenvalue weighted by Gasteiger charge is -2.17. The maximum atomic E-state index is 13.8. The summed E-state index contributed by atoms with van der Waals surface area (Å²) in [5.41, 5.74) is 1.32. The summed E-state index contributed by atoms with van der Waals surface area (Å²) >= 11 is 6.37. The summed E-state index contributed by atoms with van der Waals surface area (Å²) in [7, 11) is 0. The Kier molecular flexibility index (Phi) is 6.14. The third-order valence-corrected chi connectivity index (χ3v) is 5.56. The van der Waals surface area contributed by atoms with Crippen molar-refractivity contribution in [1.29, 1.82) is 0 Å². The van der Waals surface area contributed by atoms with Crippen molar-refractivity contribution in [3.05, 3.63) is 100 Å². The van der Waals surface area contributed by atoms with Crippen LogP contribution in [0.2, 0.25) is 5.02 Å². The van der Waals surface area contributed by atoms with Crippen LogP contribution in [-0.4, -0.2) is 38.4 Å². The summed E-state index contributed by atoms with van der Waals surface area (Å²) < 4.78 is 13.8. The van der Waals surface area contributed by atoms with Crippen LogP contribution >= 0.6 is 11.6 Å². The molecule has 3 aromatic carbocycles. The zero-order valence-electron chi connectivity index (χ0n) is 16.6. The molecule has 2 unspecified atom stereocenters. The van der Waals surface area contributed by atoms with Gasteiger partial charge in [-0.3, -0.25) is 9.59 Å². The van der Waals surface area contributed by atoms with Crippen molar-refractivity contribution in [2.75, 3.05) is 6.61 Å². The van der Waals surface area contributed by atoms with Crippen molar-refractivity contribution in [3.8, 4) is 0 Å². The molecule has 0 fully saturated rings. The Balaban J connectivity index is 1.86. The molecule has 0 spiro atoms. The number of carbonyl (C=O) groups is 2. The van der Waals surface area contributed by atoms with Crippen LogP contribution in [-0.2, 0) is 0 Å². The van der Waals surface area contributed by atoms with Gasteiger partial charge in [0.2, 0.25) is 0 Å². The summed E-state index contributed by atoms with van der Waals surface area (Å²) in [5.74, 6) is -3.27. The molecule has 162 valence electrons. The fourth-order valence-corrected chi connectivity index (χ4v) is 3.88. The molecular formula is C24H18ClFN2O4. The first-order valence-electron chi connectivity index (χ1n) is 9.76. The quantitative estimate of drug-likeness (QED) is 0.287. The van der Waals surface area contributed by atoms with Gasteiger partial charge in [0.25, 0.3) is 0 Å². The van der Waals surface area contributed by atoms with Crippen LogP contribution < -0.4 is 0 Å². The second kappa shape index (κ2) is 9.00. The van der Waals surface area contributed by atoms with Crippen LogP contribution in [0.5, 0.6) is 0 Å². The first-order valence-corrected chi connectivity index (χ1v) is 10.1. The molecule has 1 heterocycles. The van der Waals surface area contributed by atoms with Gasteiger partial charge < -0.3 is 15.2 Å². The number of halogens is 2. The molecule has 2 atom stereocenters. The lowest BCUT2D eigenvalue weighted by atomic mass is 9.88. The van der Waals surface area contributed by atoms with Gasteiger partial charge in [0.1, 0.15) is 23.7 Å². The highest BCUT2D eigenvalue weighted by molar-refractivity contribution is 6.36. The largest absolute Gasteiger partial charge is 0.393 e. The monoisotopic (exact) mass is 452 g/mol. The number of para-hydroxylation sites is 2. The number of aliphatic hydroxyl groups is 2. The van der Waals surface area contributed by atoms with Crippen molar-refractivity contribution >= 4 is 34.2 Å². The van der Waals surface area contributed by atoms with E-state index in [0.29, 0.717) is 11.0 Å². The number of aromatic amines is 1. The van der Waals surface area contributed by atoms with Gasteiger partial charge in [0, 0.05) is 16.7 Å². The number of Topliss-reactive ketones (excluding diaryl/α,β-unsaturated/α-hetero) is 2. The molecular weight excluding hydrogens is 435 g/mol. The predicted molar refractivity (Wildman–Crippen MR) is 117 cm³/mol. The van der Waals surface area contributed by atoms with Gasteiger partial charge in [-0.05, 0) is 30.3 Å². The van der Waals surface area contributed by atoms with E-state index in [2.05, 4.69) is 9.97 Å². The van der Waals surface area contributed by atoms with Crippen molar-refractivity contribution in [1.82, 2.24) is 9.97 Å². The SMILES string of the molecule is O=C(c1cccc(F)c1)C(C(=O)c1cccc(C(O)CO)c1Cl)c1nc2ccccc2[nH]1. The molecule has 0 saturated heterocycles. The molecule has 32 heavy (non-hydrogen) atoms. The summed E-state index contributed by atoms with van der Waals surface area (Å²) in [4.78, 5) is 34.4. The van der Waals surface area contributed by atoms with Crippen LogP contribution in [0.25, 0.3) is 11.0 Å². The Labute approximate surface area is 187 Å². The molecule has 0 aliphatic heterocycles. The summed E-state index contributed by atoms with van der Waals surface area (Å²) in [6.07, 6.45) is -1.29. The van der Waals surface area contributed by atoms with E-state index in [9.17, 15) is 24.2 Å². The maximum absolute atomic E-state index is 13.8. The lowest BCUT2D eigenvalue weighted by Crippen LogP contribution is -2.24. The number of H-pyrrole nitrogens is 1. The second-order valence-corrected chi connectivity index (χ2v) is 7.60. The Hall–Kier alpha value is -3.39. The van der Waals surface area contributed by atoms with E-state index in [1.165, 1.54) is 36.4 Å². The molecule has 0 saturated carbocycles. The Bertz CT molecular complexity index is 1290. The number of nitrogens with zero attached hydrogens (tertiary/aromatic N) is 1. The van der Waals surface area contributed by atoms with E-state index in [1.807, 2.05) is 0 Å². The smallest absolute Gasteiger partial charge is 0.182 e. The summed E-state index contributed by atoms with van der Waals surface area (Å²) in [6.45, 7) is -0.591. The molecule has 3 N–H and O–H groups in total. The molecule has 0 radical (unpaired) electrons. The summed E-state index contributed by atoms with van der Waals surface area (Å²) in [6, 6.07) is 16.5. The molecule has 0 aliphatic carbocycles. The molecule has 1 aromatic heterocycles. The third kappa shape index (κ3) is 4.05. The minimum absolute atomic E-state index is 0.00600. The zero-order chi connectivity index (χ0) is 22.8. The van der Waals surface area contributed by atoms with E-state index in [1.54, 1.807) is 24.3 Å². The highest BCUT2D eigenvalue weighted by atomic mass is 35.5. The van der Waals surface area contributed by atoms with Gasteiger partial charge >= 0.3 is 0 Å². The molecule has 8 heteroatoms. The van der Waals surface area contributed by atoms with Crippen LogP contribution in [0.15, 0.2) is 66.7 Å². The van der Waals surface area contributed by atoms with Crippen LogP contribution in [0.1, 0.15) is 44.1 Å². The van der Waals surface area contributed by atoms with Gasteiger partial charge in [-0.2, -0.15) is 0 Å². The average Bonchev–Trinajstić information content (AvgIpc) is 3.22. The van der Waals surface area contributed by atoms with Crippen molar-refractivity contribution in [2.45, 2.75) is 12.0 Å². The number of aromatic nitrogens is 2. The predicted octanol–water partition coefficient (Wildman–Crippen LogP) is 4.23. The molecule has 6 nitrogen and oxygen atoms in total. The van der Waals surface area contributed by atoms with E-state index in [0.717, 1.165) is 6.07 Å². The zero-order valence-corrected chi connectivity index (χ0v) is 17.4. The van der Waals surface area contributed by atoms with E-state index >= 15 is 0 Å². The number of aliphatic hydroxyl groups excluding tert-OH is 2. The fourth-order valence-electron chi connectivity index (χ4n) is 3.54. The number of benzene rings is 3. The highest BCUT2D eigenvalue weighted by Crippen LogP contribution is 2.32. The van der Waals surface area contributed by atoms with Crippen molar-refractivity contribution < 1.29 is 24.2 Å². The molecule has 4 aromatic rings. The molecule has 0 amide bonds. The van der Waals surface area contributed by atoms with E-state index < -0.39 is 36.0 Å². The Morgan fingerprint density at radius 2 is 1.78 bits per heavy atom. The average molecular weight is 453 g/mol. The van der Waals surface area contributed by atoms with E-state index in [4.69, 9.17) is 11.6 Å². The number of rotatable bonds is 7. The van der Waals surface area contributed by atoms with Gasteiger partial charge in [-0.15, -0.1) is 0 Å². The van der Waals surface area contributed by atoms with Gasteiger partial charge in [0.05, 0.1) is 22.7 Å². The fraction of sp³-hybridized carbons (Fsp3) is 0.125. The Morgan fingerprint density at radius 3 is 2.50 bits per heavy atom. The molecule has 4 rings (SSSR count). The van der Waals surface area contributed by atoms with Gasteiger partial charge in [-0.1, -0.05) is 48.0 Å². The second-order valence-electron chi connectivity index (χ2n) is 7.22. The minimum atomic E-state index is -1.43. The topological polar surface area (TPSA) is 103 Å². The number of fused-ring (bicyclic) bond motifs is 1. The number of hydrogen-bond donors (Lipinski definition) is 3. The minimum Gasteiger partial charge on any atom is -0.393 e. The number of hydrogen-bond acceptors (Lipinski definition) is 5. The highest BCUT2D eigenvalue weighted by Gasteiger charge is 2.35. The third-order valence-electron chi connectivity index (χ3n) is 5.14. The first kappa shape index (κ1) is 21.8. The number of carbonyl (C=O) groups excluding carboxylic acids is 2. The molecule has 0 bridgehead atoms. The maximum Gasteiger partial charge on any atom is 0.182 e. The summed E-state index contributed by atoms with van der Waals surface area (Å²) in [5, 5.41) is 19.2. The van der Waals surface area contributed by atoms with Crippen LogP contribution in [0.4, 0.5) is 4.39 Å². The van der Waals surface area contributed by atoms with Gasteiger partial charge in [-0.25, -0.2) is 9.37 Å². The number of nitrogens with one attached hydrogen (secondary N) is 1. The van der Waals surface area contributed by atoms with Crippen LogP contribution in [0, 0.1) is 5.82 Å². The normalized spacial score (nSPS) is 13.1. The lowest BCUT2D eigenvalue weighted by molar-refractivity contribution is 0.0854. The number of ketones is 2. The van der Waals surface area contributed by atoms with Gasteiger partial charge in [0.15, 0.2) is 11.6 Å². The first-order chi connectivity index (χ1) is 15.4. The Morgan fingerprint density at radius 1 is 1.03 bits per heavy atom. The molecule has 0 aliphatic rings. The van der Waals surface area contributed by atoms with Crippen molar-refractivity contribution in [2.24, 2.45) is 0 Å². The van der Waals surface area contributed by atoms with Crippen molar-refractivity contribution in [3.63, 3.8) is 0 Å². The van der Waals surface area contributed by atoms with E-state index in [-0.39, 0.29) is 27.5 Å².